The molecule has 0 heterocycles. The number of rotatable bonds is 14. The quantitative estimate of drug-likeness (QED) is 0.392. The van der Waals surface area contributed by atoms with Crippen molar-refractivity contribution in [2.45, 2.75) is 32.6 Å². The Labute approximate surface area is 128 Å². The fourth-order valence-corrected chi connectivity index (χ4v) is 2.19. The van der Waals surface area contributed by atoms with Gasteiger partial charge in [0.1, 0.15) is 6.61 Å². The van der Waals surface area contributed by atoms with Gasteiger partial charge in [-0.05, 0) is 44.9 Å². The zero-order chi connectivity index (χ0) is 15.1. The van der Waals surface area contributed by atoms with E-state index in [1.807, 2.05) is 0 Å². The van der Waals surface area contributed by atoms with Crippen LogP contribution in [0.4, 0.5) is 0 Å². The van der Waals surface area contributed by atoms with Gasteiger partial charge in [-0.2, -0.15) is 0 Å². The topological polar surface area (TPSA) is 50.8 Å². The number of nitrogens with one attached hydrogen (secondary N) is 1. The third kappa shape index (κ3) is 14.1. The number of hydrogen-bond donors (Lipinski definition) is 1. The first kappa shape index (κ1) is 19.7. The van der Waals surface area contributed by atoms with E-state index in [-0.39, 0.29) is 12.5 Å². The van der Waals surface area contributed by atoms with Crippen LogP contribution in [-0.4, -0.2) is 63.6 Å². The van der Waals surface area contributed by atoms with Gasteiger partial charge in [-0.3, -0.25) is 4.79 Å². The van der Waals surface area contributed by atoms with Crippen molar-refractivity contribution in [3.63, 3.8) is 0 Å². The van der Waals surface area contributed by atoms with E-state index in [9.17, 15) is 4.79 Å². The Bertz CT molecular complexity index is 230. The van der Waals surface area contributed by atoms with Crippen molar-refractivity contribution in [3.05, 3.63) is 0 Å². The van der Waals surface area contributed by atoms with E-state index in [1.54, 1.807) is 19.1 Å². The zero-order valence-corrected chi connectivity index (χ0v) is 14.0. The summed E-state index contributed by atoms with van der Waals surface area (Å²) in [5.41, 5.74) is 0. The molecule has 0 saturated carbocycles. The predicted octanol–water partition coefficient (Wildman–Crippen LogP) is 1.93. The minimum Gasteiger partial charge on any atom is -0.372 e. The SMILES string of the molecule is CCCCN(C)CCSOCCCCOCC(=O)NC. The highest BCUT2D eigenvalue weighted by atomic mass is 32.2. The van der Waals surface area contributed by atoms with E-state index >= 15 is 0 Å². The summed E-state index contributed by atoms with van der Waals surface area (Å²) in [7, 11) is 3.76. The van der Waals surface area contributed by atoms with Crippen molar-refractivity contribution in [2.24, 2.45) is 0 Å². The van der Waals surface area contributed by atoms with E-state index in [1.165, 1.54) is 19.4 Å². The lowest BCUT2D eigenvalue weighted by Gasteiger charge is -2.15. The van der Waals surface area contributed by atoms with E-state index in [2.05, 4.69) is 24.2 Å². The largest absolute Gasteiger partial charge is 0.372 e. The average molecular weight is 306 g/mol. The Kier molecular flexibility index (Phi) is 14.9. The molecule has 1 N–H and O–H groups in total. The lowest BCUT2D eigenvalue weighted by molar-refractivity contribution is -0.125. The Morgan fingerprint density at radius 1 is 1.20 bits per heavy atom. The number of nitrogens with zero attached hydrogens (tertiary/aromatic N) is 1. The van der Waals surface area contributed by atoms with Gasteiger partial charge in [-0.15, -0.1) is 0 Å². The first-order valence-corrected chi connectivity index (χ1v) is 8.33. The summed E-state index contributed by atoms with van der Waals surface area (Å²) in [6.07, 6.45) is 4.40. The maximum Gasteiger partial charge on any atom is 0.245 e. The van der Waals surface area contributed by atoms with Crippen LogP contribution in [0.25, 0.3) is 0 Å². The Morgan fingerprint density at radius 3 is 2.65 bits per heavy atom. The number of hydrogen-bond acceptors (Lipinski definition) is 5. The summed E-state index contributed by atoms with van der Waals surface area (Å²) >= 11 is 1.54. The van der Waals surface area contributed by atoms with Gasteiger partial charge in [0.25, 0.3) is 0 Å². The second-order valence-electron chi connectivity index (χ2n) is 4.73. The molecule has 0 aliphatic rings. The van der Waals surface area contributed by atoms with Gasteiger partial charge in [-0.25, -0.2) is 0 Å². The van der Waals surface area contributed by atoms with Crippen molar-refractivity contribution in [2.75, 3.05) is 52.8 Å². The Morgan fingerprint density at radius 2 is 1.95 bits per heavy atom. The number of carbonyl (C=O) groups is 1. The Hall–Kier alpha value is -0.300. The van der Waals surface area contributed by atoms with E-state index < -0.39 is 0 Å². The van der Waals surface area contributed by atoms with Crippen LogP contribution in [0.1, 0.15) is 32.6 Å². The van der Waals surface area contributed by atoms with Crippen LogP contribution in [0.2, 0.25) is 0 Å². The first-order chi connectivity index (χ1) is 9.70. The number of likely N-dealkylation sites (N-methyl/N-ethyl adjacent to an activating group) is 1. The smallest absolute Gasteiger partial charge is 0.245 e. The van der Waals surface area contributed by atoms with E-state index in [0.29, 0.717) is 6.61 Å². The molecule has 0 radical (unpaired) electrons. The summed E-state index contributed by atoms with van der Waals surface area (Å²) in [5.74, 6) is 0.928. The number of carbonyl (C=O) groups excluding carboxylic acids is 1. The van der Waals surface area contributed by atoms with Gasteiger partial charge in [0, 0.05) is 26.0 Å². The number of ether oxygens (including phenoxy) is 1. The molecule has 0 bridgehead atoms. The first-order valence-electron chi connectivity index (χ1n) is 7.42. The molecule has 0 unspecified atom stereocenters. The molecule has 120 valence electrons. The van der Waals surface area contributed by atoms with Gasteiger partial charge in [0.15, 0.2) is 0 Å². The number of unbranched alkanes of at least 4 members (excludes halogenated alkanes) is 2. The second-order valence-corrected chi connectivity index (χ2v) is 5.61. The highest BCUT2D eigenvalue weighted by Crippen LogP contribution is 2.05. The molecule has 0 spiro atoms. The van der Waals surface area contributed by atoms with Crippen LogP contribution < -0.4 is 5.32 Å². The molecule has 0 aromatic heterocycles. The summed E-state index contributed by atoms with van der Waals surface area (Å²) in [5, 5.41) is 2.52. The molecule has 20 heavy (non-hydrogen) atoms. The second kappa shape index (κ2) is 15.1. The lowest BCUT2D eigenvalue weighted by atomic mass is 10.3. The maximum absolute atomic E-state index is 10.9. The molecule has 0 rings (SSSR count). The maximum atomic E-state index is 10.9. The van der Waals surface area contributed by atoms with Crippen LogP contribution in [0.15, 0.2) is 0 Å². The molecule has 0 aromatic rings. The highest BCUT2D eigenvalue weighted by molar-refractivity contribution is 7.94. The van der Waals surface area contributed by atoms with Crippen molar-refractivity contribution in [3.8, 4) is 0 Å². The van der Waals surface area contributed by atoms with Gasteiger partial charge in [0.05, 0.1) is 6.61 Å². The molecule has 0 saturated heterocycles. The van der Waals surface area contributed by atoms with Crippen LogP contribution in [0, 0.1) is 0 Å². The van der Waals surface area contributed by atoms with Gasteiger partial charge in [-0.1, -0.05) is 13.3 Å². The van der Waals surface area contributed by atoms with Crippen LogP contribution in [0.5, 0.6) is 0 Å². The summed E-state index contributed by atoms with van der Waals surface area (Å²) in [4.78, 5) is 13.2. The van der Waals surface area contributed by atoms with Crippen LogP contribution in [0.3, 0.4) is 0 Å². The minimum absolute atomic E-state index is 0.0796. The van der Waals surface area contributed by atoms with Crippen molar-refractivity contribution >= 4 is 17.9 Å². The van der Waals surface area contributed by atoms with Crippen molar-refractivity contribution in [1.82, 2.24) is 10.2 Å². The minimum atomic E-state index is -0.0796. The third-order valence-electron chi connectivity index (χ3n) is 2.81. The molecule has 0 atom stereocenters. The Balaban J connectivity index is 3.11. The third-order valence-corrected chi connectivity index (χ3v) is 3.49. The molecule has 0 aliphatic heterocycles. The zero-order valence-electron chi connectivity index (χ0n) is 13.2. The lowest BCUT2D eigenvalue weighted by Crippen LogP contribution is -2.23. The molecule has 0 fully saturated rings. The molecular formula is C14H30N2O3S. The fourth-order valence-electron chi connectivity index (χ4n) is 1.45. The number of amides is 1. The monoisotopic (exact) mass is 306 g/mol. The molecule has 0 aliphatic carbocycles. The fraction of sp³-hybridized carbons (Fsp3) is 0.929. The highest BCUT2D eigenvalue weighted by Gasteiger charge is 1.99. The molecule has 5 nitrogen and oxygen atoms in total. The molecule has 6 heteroatoms. The van der Waals surface area contributed by atoms with Crippen molar-refractivity contribution in [1.29, 1.82) is 0 Å². The standard InChI is InChI=1S/C14H30N2O3S/c1-4-5-8-16(3)9-12-20-19-11-7-6-10-18-13-14(17)15-2/h4-13H2,1-3H3,(H,15,17). The summed E-state index contributed by atoms with van der Waals surface area (Å²) in [6, 6.07) is 0. The van der Waals surface area contributed by atoms with Crippen LogP contribution in [-0.2, 0) is 13.7 Å². The van der Waals surface area contributed by atoms with Crippen molar-refractivity contribution < 1.29 is 13.7 Å². The molecule has 0 aromatic carbocycles. The molecule has 1 amide bonds. The molecular weight excluding hydrogens is 276 g/mol. The van der Waals surface area contributed by atoms with Gasteiger partial charge >= 0.3 is 0 Å². The normalized spacial score (nSPS) is 11.0. The summed E-state index contributed by atoms with van der Waals surface area (Å²) in [6.45, 7) is 5.95. The van der Waals surface area contributed by atoms with Gasteiger partial charge < -0.3 is 19.1 Å². The average Bonchev–Trinajstić information content (AvgIpc) is 2.46. The van der Waals surface area contributed by atoms with E-state index in [4.69, 9.17) is 8.92 Å². The van der Waals surface area contributed by atoms with Gasteiger partial charge in [0.2, 0.25) is 5.91 Å². The summed E-state index contributed by atoms with van der Waals surface area (Å²) < 4.78 is 10.7. The van der Waals surface area contributed by atoms with E-state index in [0.717, 1.165) is 31.7 Å². The predicted molar refractivity (Wildman–Crippen MR) is 84.9 cm³/mol. The van der Waals surface area contributed by atoms with Crippen LogP contribution >= 0.6 is 12.0 Å².